The molecule has 0 aliphatic carbocycles. The molecule has 0 saturated heterocycles. The number of rotatable bonds is 0. The SMILES string of the molecule is N#Cc1c[nH]c2c1ccc1nc3ccccc3cc12. The number of hydrogen-bond donors (Lipinski definition) is 1. The maximum Gasteiger partial charge on any atom is 0.101 e. The Morgan fingerprint density at radius 1 is 1.00 bits per heavy atom. The lowest BCUT2D eigenvalue weighted by Gasteiger charge is -2.02. The molecule has 0 aliphatic rings. The molecule has 1 N–H and O–H groups in total. The second-order valence-corrected chi connectivity index (χ2v) is 4.55. The summed E-state index contributed by atoms with van der Waals surface area (Å²) in [5, 5.41) is 12.2. The first-order valence-electron chi connectivity index (χ1n) is 6.06. The average molecular weight is 243 g/mol. The largest absolute Gasteiger partial charge is 0.359 e. The minimum absolute atomic E-state index is 0.671. The van der Waals surface area contributed by atoms with Gasteiger partial charge in [0.05, 0.1) is 22.1 Å². The highest BCUT2D eigenvalue weighted by atomic mass is 14.7. The zero-order chi connectivity index (χ0) is 12.8. The van der Waals surface area contributed by atoms with Crippen molar-refractivity contribution in [2.75, 3.05) is 0 Å². The average Bonchev–Trinajstić information content (AvgIpc) is 2.88. The Hall–Kier alpha value is -2.86. The van der Waals surface area contributed by atoms with Gasteiger partial charge in [0.15, 0.2) is 0 Å². The fourth-order valence-electron chi connectivity index (χ4n) is 2.54. The Morgan fingerprint density at radius 2 is 1.89 bits per heavy atom. The summed E-state index contributed by atoms with van der Waals surface area (Å²) in [5.74, 6) is 0. The smallest absolute Gasteiger partial charge is 0.101 e. The zero-order valence-electron chi connectivity index (χ0n) is 10.0. The molecule has 2 aromatic carbocycles. The maximum atomic E-state index is 9.08. The van der Waals surface area contributed by atoms with Crippen LogP contribution >= 0.6 is 0 Å². The van der Waals surface area contributed by atoms with E-state index < -0.39 is 0 Å². The van der Waals surface area contributed by atoms with Gasteiger partial charge in [-0.25, -0.2) is 4.98 Å². The van der Waals surface area contributed by atoms with Crippen molar-refractivity contribution in [1.29, 1.82) is 5.26 Å². The summed E-state index contributed by atoms with van der Waals surface area (Å²) in [4.78, 5) is 7.84. The van der Waals surface area contributed by atoms with Crippen molar-refractivity contribution in [3.05, 3.63) is 54.2 Å². The van der Waals surface area contributed by atoms with Gasteiger partial charge in [-0.3, -0.25) is 0 Å². The van der Waals surface area contributed by atoms with Gasteiger partial charge < -0.3 is 4.98 Å². The molecule has 3 heteroatoms. The van der Waals surface area contributed by atoms with Crippen LogP contribution in [0.1, 0.15) is 5.56 Å². The fourth-order valence-corrected chi connectivity index (χ4v) is 2.54. The quantitative estimate of drug-likeness (QED) is 0.478. The minimum atomic E-state index is 0.671. The number of nitrogens with one attached hydrogen (secondary N) is 1. The Labute approximate surface area is 109 Å². The third-order valence-electron chi connectivity index (χ3n) is 3.47. The van der Waals surface area contributed by atoms with Crippen LogP contribution in [-0.4, -0.2) is 9.97 Å². The number of H-pyrrole nitrogens is 1. The van der Waals surface area contributed by atoms with Crippen LogP contribution in [0.15, 0.2) is 48.7 Å². The second-order valence-electron chi connectivity index (χ2n) is 4.55. The van der Waals surface area contributed by atoms with E-state index >= 15 is 0 Å². The summed E-state index contributed by atoms with van der Waals surface area (Å²) in [6, 6.07) is 16.3. The van der Waals surface area contributed by atoms with Crippen molar-refractivity contribution >= 4 is 32.7 Å². The third kappa shape index (κ3) is 1.34. The van der Waals surface area contributed by atoms with Gasteiger partial charge in [-0.1, -0.05) is 18.2 Å². The third-order valence-corrected chi connectivity index (χ3v) is 3.47. The molecule has 88 valence electrons. The number of para-hydroxylation sites is 1. The summed E-state index contributed by atoms with van der Waals surface area (Å²) in [6.07, 6.45) is 1.75. The number of aromatic amines is 1. The minimum Gasteiger partial charge on any atom is -0.359 e. The summed E-state index contributed by atoms with van der Waals surface area (Å²) >= 11 is 0. The van der Waals surface area contributed by atoms with Crippen LogP contribution < -0.4 is 0 Å². The first-order chi connectivity index (χ1) is 9.36. The molecule has 0 unspecified atom stereocenters. The van der Waals surface area contributed by atoms with Crippen molar-refractivity contribution in [3.63, 3.8) is 0 Å². The van der Waals surface area contributed by atoms with Crippen molar-refractivity contribution in [2.45, 2.75) is 0 Å². The number of benzene rings is 2. The molecule has 3 nitrogen and oxygen atoms in total. The van der Waals surface area contributed by atoms with Crippen LogP contribution in [0.2, 0.25) is 0 Å². The first-order valence-corrected chi connectivity index (χ1v) is 6.06. The molecule has 0 spiro atoms. The van der Waals surface area contributed by atoms with Gasteiger partial charge in [0, 0.05) is 22.4 Å². The van der Waals surface area contributed by atoms with Gasteiger partial charge in [-0.2, -0.15) is 5.26 Å². The summed E-state index contributed by atoms with van der Waals surface area (Å²) in [6.45, 7) is 0. The Balaban J connectivity index is 2.23. The summed E-state index contributed by atoms with van der Waals surface area (Å²) in [7, 11) is 0. The first kappa shape index (κ1) is 10.1. The van der Waals surface area contributed by atoms with Crippen LogP contribution in [0, 0.1) is 11.3 Å². The molecular formula is C16H9N3. The highest BCUT2D eigenvalue weighted by molar-refractivity contribution is 6.09. The van der Waals surface area contributed by atoms with Gasteiger partial charge in [0.2, 0.25) is 0 Å². The number of fused-ring (bicyclic) bond motifs is 4. The maximum absolute atomic E-state index is 9.08. The van der Waals surface area contributed by atoms with Crippen LogP contribution in [0.4, 0.5) is 0 Å². The molecule has 19 heavy (non-hydrogen) atoms. The van der Waals surface area contributed by atoms with E-state index in [1.807, 2.05) is 30.3 Å². The molecule has 0 radical (unpaired) electrons. The number of aromatic nitrogens is 2. The fraction of sp³-hybridized carbons (Fsp3) is 0. The highest BCUT2D eigenvalue weighted by Gasteiger charge is 2.08. The molecule has 0 bridgehead atoms. The molecule has 0 saturated carbocycles. The van der Waals surface area contributed by atoms with Crippen LogP contribution in [0.3, 0.4) is 0 Å². The number of pyridine rings is 1. The lowest BCUT2D eigenvalue weighted by molar-refractivity contribution is 1.45. The van der Waals surface area contributed by atoms with E-state index in [4.69, 9.17) is 5.26 Å². The summed E-state index contributed by atoms with van der Waals surface area (Å²) < 4.78 is 0. The Kier molecular flexibility index (Phi) is 1.89. The van der Waals surface area contributed by atoms with Crippen molar-refractivity contribution in [2.24, 2.45) is 0 Å². The predicted octanol–water partition coefficient (Wildman–Crippen LogP) is 3.74. The highest BCUT2D eigenvalue weighted by Crippen LogP contribution is 2.28. The monoisotopic (exact) mass is 243 g/mol. The standard InChI is InChI=1S/C16H9N3/c17-8-11-9-18-16-12(11)5-6-15-13(16)7-10-3-1-2-4-14(10)19-15/h1-7,9,18H. The topological polar surface area (TPSA) is 52.5 Å². The normalized spacial score (nSPS) is 11.1. The van der Waals surface area contributed by atoms with E-state index in [9.17, 15) is 0 Å². The zero-order valence-corrected chi connectivity index (χ0v) is 10.0. The van der Waals surface area contributed by atoms with E-state index in [2.05, 4.69) is 28.2 Å². The number of nitrogens with zero attached hydrogens (tertiary/aromatic N) is 2. The second kappa shape index (κ2) is 3.56. The molecule has 2 heterocycles. The van der Waals surface area contributed by atoms with Gasteiger partial charge >= 0.3 is 0 Å². The van der Waals surface area contributed by atoms with E-state index in [1.54, 1.807) is 6.20 Å². The lowest BCUT2D eigenvalue weighted by Crippen LogP contribution is -1.83. The van der Waals surface area contributed by atoms with Gasteiger partial charge in [0.1, 0.15) is 6.07 Å². The predicted molar refractivity (Wildman–Crippen MR) is 75.8 cm³/mol. The molecule has 0 fully saturated rings. The number of hydrogen-bond acceptors (Lipinski definition) is 2. The van der Waals surface area contributed by atoms with E-state index in [-0.39, 0.29) is 0 Å². The Bertz CT molecular complexity index is 974. The van der Waals surface area contributed by atoms with Gasteiger partial charge in [0.25, 0.3) is 0 Å². The molecule has 0 aliphatic heterocycles. The van der Waals surface area contributed by atoms with Crippen molar-refractivity contribution < 1.29 is 0 Å². The van der Waals surface area contributed by atoms with E-state index in [0.29, 0.717) is 5.56 Å². The molecule has 0 atom stereocenters. The lowest BCUT2D eigenvalue weighted by atomic mass is 10.1. The molecule has 2 aromatic heterocycles. The summed E-state index contributed by atoms with van der Waals surface area (Å²) in [5.41, 5.74) is 3.58. The molecule has 4 aromatic rings. The van der Waals surface area contributed by atoms with Gasteiger partial charge in [-0.15, -0.1) is 0 Å². The molecule has 4 rings (SSSR count). The number of nitriles is 1. The van der Waals surface area contributed by atoms with Crippen molar-refractivity contribution in [1.82, 2.24) is 9.97 Å². The molecular weight excluding hydrogens is 234 g/mol. The van der Waals surface area contributed by atoms with Crippen LogP contribution in [-0.2, 0) is 0 Å². The Morgan fingerprint density at radius 3 is 2.79 bits per heavy atom. The van der Waals surface area contributed by atoms with Gasteiger partial charge in [-0.05, 0) is 24.3 Å². The molecule has 0 amide bonds. The van der Waals surface area contributed by atoms with E-state index in [0.717, 1.165) is 32.7 Å². The van der Waals surface area contributed by atoms with Crippen LogP contribution in [0.25, 0.3) is 32.7 Å². The van der Waals surface area contributed by atoms with Crippen LogP contribution in [0.5, 0.6) is 0 Å². The van der Waals surface area contributed by atoms with E-state index in [1.165, 1.54) is 0 Å². The van der Waals surface area contributed by atoms with Crippen molar-refractivity contribution in [3.8, 4) is 6.07 Å².